The van der Waals surface area contributed by atoms with Crippen molar-refractivity contribution in [2.24, 2.45) is 5.41 Å². The summed E-state index contributed by atoms with van der Waals surface area (Å²) < 4.78 is 5.53. The highest BCUT2D eigenvalue weighted by Crippen LogP contribution is 2.35. The van der Waals surface area contributed by atoms with Crippen molar-refractivity contribution in [3.63, 3.8) is 0 Å². The van der Waals surface area contributed by atoms with E-state index in [0.717, 1.165) is 44.5 Å². The number of anilines is 1. The first-order valence-corrected chi connectivity index (χ1v) is 8.27. The summed E-state index contributed by atoms with van der Waals surface area (Å²) in [6.45, 7) is 8.41. The molecule has 19 heavy (non-hydrogen) atoms. The van der Waals surface area contributed by atoms with Crippen molar-refractivity contribution >= 4 is 21.6 Å². The van der Waals surface area contributed by atoms with Gasteiger partial charge in [-0.3, -0.25) is 0 Å². The molecule has 1 aliphatic heterocycles. The molecule has 0 spiro atoms. The molecule has 2 nitrogen and oxygen atoms in total. The zero-order valence-electron chi connectivity index (χ0n) is 12.0. The summed E-state index contributed by atoms with van der Waals surface area (Å²) in [6, 6.07) is 8.68. The fourth-order valence-corrected chi connectivity index (χ4v) is 3.57. The second-order valence-electron chi connectivity index (χ2n) is 5.55. The van der Waals surface area contributed by atoms with Crippen molar-refractivity contribution in [1.82, 2.24) is 0 Å². The first-order chi connectivity index (χ1) is 9.21. The lowest BCUT2D eigenvalue weighted by Crippen LogP contribution is -2.43. The molecule has 1 fully saturated rings. The van der Waals surface area contributed by atoms with Gasteiger partial charge in [0.1, 0.15) is 0 Å². The van der Waals surface area contributed by atoms with E-state index in [9.17, 15) is 0 Å². The Morgan fingerprint density at radius 3 is 2.53 bits per heavy atom. The van der Waals surface area contributed by atoms with E-state index >= 15 is 0 Å². The van der Waals surface area contributed by atoms with Crippen LogP contribution < -0.4 is 4.90 Å². The highest BCUT2D eigenvalue weighted by atomic mass is 79.9. The molecule has 1 aromatic rings. The maximum Gasteiger partial charge on any atom is 0.0472 e. The van der Waals surface area contributed by atoms with Crippen molar-refractivity contribution in [1.29, 1.82) is 0 Å². The van der Waals surface area contributed by atoms with Crippen LogP contribution >= 0.6 is 15.9 Å². The van der Waals surface area contributed by atoms with Gasteiger partial charge in [0.05, 0.1) is 0 Å². The number of rotatable bonds is 5. The number of alkyl halides is 1. The molecule has 1 aliphatic rings. The maximum absolute atomic E-state index is 5.53. The minimum Gasteiger partial charge on any atom is -0.381 e. The molecule has 0 aromatic heterocycles. The topological polar surface area (TPSA) is 12.5 Å². The van der Waals surface area contributed by atoms with Gasteiger partial charge in [-0.05, 0) is 38.3 Å². The van der Waals surface area contributed by atoms with Gasteiger partial charge in [-0.15, -0.1) is 0 Å². The van der Waals surface area contributed by atoms with Crippen LogP contribution in [-0.4, -0.2) is 31.6 Å². The van der Waals surface area contributed by atoms with Crippen LogP contribution in [0.4, 0.5) is 5.69 Å². The number of para-hydroxylation sites is 1. The number of hydrogen-bond donors (Lipinski definition) is 0. The summed E-state index contributed by atoms with van der Waals surface area (Å²) in [5.41, 5.74) is 3.09. The summed E-state index contributed by atoms with van der Waals surface area (Å²) in [5, 5.41) is 1.06. The lowest BCUT2D eigenvalue weighted by atomic mass is 9.81. The highest BCUT2D eigenvalue weighted by molar-refractivity contribution is 9.09. The fraction of sp³-hybridized carbons (Fsp3) is 0.625. The van der Waals surface area contributed by atoms with Crippen molar-refractivity contribution in [2.45, 2.75) is 26.7 Å². The van der Waals surface area contributed by atoms with E-state index in [2.05, 4.69) is 58.9 Å². The standard InChI is InChI=1S/C16H24BrNO/c1-3-18(15-7-5-4-6-14(15)2)13-16(12-17)8-10-19-11-9-16/h4-7H,3,8-13H2,1-2H3. The lowest BCUT2D eigenvalue weighted by Gasteiger charge is -2.40. The number of ether oxygens (including phenoxy) is 1. The van der Waals surface area contributed by atoms with E-state index in [4.69, 9.17) is 4.74 Å². The molecular formula is C16H24BrNO. The first-order valence-electron chi connectivity index (χ1n) is 7.15. The highest BCUT2D eigenvalue weighted by Gasteiger charge is 2.33. The Bertz CT molecular complexity index is 401. The Hall–Kier alpha value is -0.540. The summed E-state index contributed by atoms with van der Waals surface area (Å²) in [5.74, 6) is 0. The van der Waals surface area contributed by atoms with Gasteiger partial charge in [0.2, 0.25) is 0 Å². The summed E-state index contributed by atoms with van der Waals surface area (Å²) in [4.78, 5) is 2.52. The van der Waals surface area contributed by atoms with Crippen LogP contribution in [0.2, 0.25) is 0 Å². The van der Waals surface area contributed by atoms with Crippen LogP contribution in [0.15, 0.2) is 24.3 Å². The lowest BCUT2D eigenvalue weighted by molar-refractivity contribution is 0.0301. The van der Waals surface area contributed by atoms with E-state index in [0.29, 0.717) is 5.41 Å². The van der Waals surface area contributed by atoms with Crippen molar-refractivity contribution in [2.75, 3.05) is 36.5 Å². The van der Waals surface area contributed by atoms with Gasteiger partial charge < -0.3 is 9.64 Å². The fourth-order valence-electron chi connectivity index (χ4n) is 2.83. The molecule has 0 saturated carbocycles. The van der Waals surface area contributed by atoms with E-state index in [1.54, 1.807) is 0 Å². The summed E-state index contributed by atoms with van der Waals surface area (Å²) in [7, 11) is 0. The van der Waals surface area contributed by atoms with Gasteiger partial charge >= 0.3 is 0 Å². The normalized spacial score (nSPS) is 18.3. The van der Waals surface area contributed by atoms with Gasteiger partial charge in [0.15, 0.2) is 0 Å². The molecule has 106 valence electrons. The number of benzene rings is 1. The van der Waals surface area contributed by atoms with Gasteiger partial charge in [-0.2, -0.15) is 0 Å². The van der Waals surface area contributed by atoms with Crippen LogP contribution in [0.1, 0.15) is 25.3 Å². The van der Waals surface area contributed by atoms with E-state index < -0.39 is 0 Å². The first kappa shape index (κ1) is 14.9. The van der Waals surface area contributed by atoms with Gasteiger partial charge in [0.25, 0.3) is 0 Å². The molecule has 0 N–H and O–H groups in total. The second kappa shape index (κ2) is 6.76. The molecule has 0 aliphatic carbocycles. The van der Waals surface area contributed by atoms with Gasteiger partial charge in [-0.25, -0.2) is 0 Å². The quantitative estimate of drug-likeness (QED) is 0.758. The van der Waals surface area contributed by atoms with Crippen LogP contribution in [0.5, 0.6) is 0 Å². The Balaban J connectivity index is 2.16. The minimum absolute atomic E-state index is 0.358. The SMILES string of the molecule is CCN(CC1(CBr)CCOCC1)c1ccccc1C. The molecule has 0 atom stereocenters. The van der Waals surface area contributed by atoms with Crippen molar-refractivity contribution in [3.8, 4) is 0 Å². The van der Waals surface area contributed by atoms with Crippen LogP contribution in [0, 0.1) is 12.3 Å². The predicted molar refractivity (Wildman–Crippen MR) is 85.3 cm³/mol. The third-order valence-corrected chi connectivity index (χ3v) is 5.39. The molecule has 1 heterocycles. The Labute approximate surface area is 125 Å². The Kier molecular flexibility index (Phi) is 5.28. The Morgan fingerprint density at radius 1 is 1.26 bits per heavy atom. The molecule has 1 aromatic carbocycles. The second-order valence-corrected chi connectivity index (χ2v) is 6.11. The molecular weight excluding hydrogens is 302 g/mol. The molecule has 3 heteroatoms. The molecule has 0 unspecified atom stereocenters. The molecule has 2 rings (SSSR count). The zero-order chi connectivity index (χ0) is 13.7. The predicted octanol–water partition coefficient (Wildman–Crippen LogP) is 4.01. The van der Waals surface area contributed by atoms with Gasteiger partial charge in [0, 0.05) is 42.7 Å². The van der Waals surface area contributed by atoms with Crippen LogP contribution in [-0.2, 0) is 4.74 Å². The average molecular weight is 326 g/mol. The number of halogens is 1. The monoisotopic (exact) mass is 325 g/mol. The summed E-state index contributed by atoms with van der Waals surface area (Å²) in [6.07, 6.45) is 2.31. The molecule has 0 bridgehead atoms. The smallest absolute Gasteiger partial charge is 0.0472 e. The zero-order valence-corrected chi connectivity index (χ0v) is 13.6. The minimum atomic E-state index is 0.358. The number of nitrogens with zero attached hydrogens (tertiary/aromatic N) is 1. The van der Waals surface area contributed by atoms with Crippen LogP contribution in [0.3, 0.4) is 0 Å². The largest absolute Gasteiger partial charge is 0.381 e. The van der Waals surface area contributed by atoms with E-state index in [1.807, 2.05) is 0 Å². The average Bonchev–Trinajstić information content (AvgIpc) is 2.47. The van der Waals surface area contributed by atoms with Crippen molar-refractivity contribution in [3.05, 3.63) is 29.8 Å². The number of hydrogen-bond acceptors (Lipinski definition) is 2. The van der Waals surface area contributed by atoms with Crippen molar-refractivity contribution < 1.29 is 4.74 Å². The molecule has 1 saturated heterocycles. The third-order valence-electron chi connectivity index (χ3n) is 4.20. The maximum atomic E-state index is 5.53. The summed E-state index contributed by atoms with van der Waals surface area (Å²) >= 11 is 3.73. The number of aryl methyl sites for hydroxylation is 1. The van der Waals surface area contributed by atoms with Gasteiger partial charge in [-0.1, -0.05) is 34.1 Å². The molecule has 0 radical (unpaired) electrons. The van der Waals surface area contributed by atoms with E-state index in [-0.39, 0.29) is 0 Å². The van der Waals surface area contributed by atoms with Crippen LogP contribution in [0.25, 0.3) is 0 Å². The third kappa shape index (κ3) is 3.51. The Morgan fingerprint density at radius 2 is 1.95 bits per heavy atom. The van der Waals surface area contributed by atoms with E-state index in [1.165, 1.54) is 11.3 Å². The molecule has 0 amide bonds.